The molecular weight excluding hydrogens is 394 g/mol. The van der Waals surface area contributed by atoms with E-state index in [0.29, 0.717) is 0 Å². The first kappa shape index (κ1) is 20.6. The highest BCUT2D eigenvalue weighted by molar-refractivity contribution is 5.65. The van der Waals surface area contributed by atoms with Crippen molar-refractivity contribution in [3.63, 3.8) is 0 Å². The standard InChI is InChI=1S/C27H22F2O2/c1-18-3-7-20(8-4-18)22-11-13-26(24(28)15-22)30-17-31-27-14-12-23(16-25(27)29)21-9-5-19(2)6-10-21/h3-16H,17H2,1-2H3. The molecule has 0 amide bonds. The Kier molecular flexibility index (Phi) is 5.99. The van der Waals surface area contributed by atoms with Crippen LogP contribution in [0.25, 0.3) is 22.3 Å². The van der Waals surface area contributed by atoms with Gasteiger partial charge in [-0.2, -0.15) is 0 Å². The van der Waals surface area contributed by atoms with Gasteiger partial charge in [-0.1, -0.05) is 71.8 Å². The van der Waals surface area contributed by atoms with Gasteiger partial charge in [-0.05, 0) is 60.4 Å². The van der Waals surface area contributed by atoms with E-state index in [-0.39, 0.29) is 18.3 Å². The van der Waals surface area contributed by atoms with Gasteiger partial charge in [0.1, 0.15) is 0 Å². The predicted molar refractivity (Wildman–Crippen MR) is 119 cm³/mol. The van der Waals surface area contributed by atoms with Crippen LogP contribution >= 0.6 is 0 Å². The van der Waals surface area contributed by atoms with Crippen molar-refractivity contribution in [2.24, 2.45) is 0 Å². The number of ether oxygens (including phenoxy) is 2. The van der Waals surface area contributed by atoms with Gasteiger partial charge in [0.25, 0.3) is 0 Å². The normalized spacial score (nSPS) is 10.7. The minimum absolute atomic E-state index is 0.0487. The lowest BCUT2D eigenvalue weighted by atomic mass is 10.0. The zero-order valence-corrected chi connectivity index (χ0v) is 17.4. The Labute approximate surface area is 180 Å². The zero-order valence-electron chi connectivity index (χ0n) is 17.4. The smallest absolute Gasteiger partial charge is 0.231 e. The van der Waals surface area contributed by atoms with E-state index in [2.05, 4.69) is 0 Å². The molecule has 0 saturated heterocycles. The molecule has 0 N–H and O–H groups in total. The van der Waals surface area contributed by atoms with Crippen LogP contribution in [0.2, 0.25) is 0 Å². The van der Waals surface area contributed by atoms with Crippen molar-refractivity contribution in [2.75, 3.05) is 6.79 Å². The molecule has 4 rings (SSSR count). The fraction of sp³-hybridized carbons (Fsp3) is 0.111. The number of aryl methyl sites for hydroxylation is 2. The molecule has 0 fully saturated rings. The minimum atomic E-state index is -0.503. The molecule has 4 aromatic carbocycles. The highest BCUT2D eigenvalue weighted by Crippen LogP contribution is 2.28. The Hall–Kier alpha value is -3.66. The van der Waals surface area contributed by atoms with Crippen LogP contribution in [-0.4, -0.2) is 6.79 Å². The summed E-state index contributed by atoms with van der Waals surface area (Å²) >= 11 is 0. The molecular formula is C27H22F2O2. The van der Waals surface area contributed by atoms with Crippen molar-refractivity contribution < 1.29 is 18.3 Å². The highest BCUT2D eigenvalue weighted by atomic mass is 19.1. The average Bonchev–Trinajstić information content (AvgIpc) is 2.77. The first-order valence-corrected chi connectivity index (χ1v) is 9.98. The maximum atomic E-state index is 14.4. The zero-order chi connectivity index (χ0) is 21.8. The lowest BCUT2D eigenvalue weighted by Crippen LogP contribution is -2.07. The summed E-state index contributed by atoms with van der Waals surface area (Å²) in [5, 5.41) is 0. The third kappa shape index (κ3) is 4.92. The van der Waals surface area contributed by atoms with Gasteiger partial charge in [0.05, 0.1) is 0 Å². The van der Waals surface area contributed by atoms with Crippen molar-refractivity contribution in [1.29, 1.82) is 0 Å². The number of hydrogen-bond donors (Lipinski definition) is 0. The van der Waals surface area contributed by atoms with Crippen LogP contribution < -0.4 is 9.47 Å². The molecule has 0 aliphatic carbocycles. The molecule has 0 radical (unpaired) electrons. The fourth-order valence-corrected chi connectivity index (χ4v) is 3.24. The van der Waals surface area contributed by atoms with E-state index in [0.717, 1.165) is 33.4 Å². The Morgan fingerprint density at radius 2 is 0.871 bits per heavy atom. The Balaban J connectivity index is 1.40. The summed E-state index contributed by atoms with van der Waals surface area (Å²) in [6.07, 6.45) is 0. The first-order valence-electron chi connectivity index (χ1n) is 9.98. The van der Waals surface area contributed by atoms with E-state index in [4.69, 9.17) is 9.47 Å². The molecule has 4 aromatic rings. The van der Waals surface area contributed by atoms with Crippen LogP contribution in [0.1, 0.15) is 11.1 Å². The van der Waals surface area contributed by atoms with Gasteiger partial charge >= 0.3 is 0 Å². The molecule has 0 saturated carbocycles. The lowest BCUT2D eigenvalue weighted by Gasteiger charge is -2.12. The summed E-state index contributed by atoms with van der Waals surface area (Å²) in [5.74, 6) is -0.908. The summed E-state index contributed by atoms with van der Waals surface area (Å²) < 4.78 is 39.6. The number of halogens is 2. The van der Waals surface area contributed by atoms with Gasteiger partial charge in [0.2, 0.25) is 6.79 Å². The molecule has 0 atom stereocenters. The molecule has 31 heavy (non-hydrogen) atoms. The molecule has 156 valence electrons. The molecule has 0 aromatic heterocycles. The van der Waals surface area contributed by atoms with Gasteiger partial charge < -0.3 is 9.47 Å². The largest absolute Gasteiger partial charge is 0.454 e. The monoisotopic (exact) mass is 416 g/mol. The van der Waals surface area contributed by atoms with E-state index in [9.17, 15) is 8.78 Å². The number of hydrogen-bond acceptors (Lipinski definition) is 2. The summed E-state index contributed by atoms with van der Waals surface area (Å²) in [6, 6.07) is 25.1. The molecule has 0 spiro atoms. The second-order valence-electron chi connectivity index (χ2n) is 7.43. The fourth-order valence-electron chi connectivity index (χ4n) is 3.24. The molecule has 2 nitrogen and oxygen atoms in total. The maximum Gasteiger partial charge on any atom is 0.231 e. The van der Waals surface area contributed by atoms with Gasteiger partial charge in [0, 0.05) is 0 Å². The summed E-state index contributed by atoms with van der Waals surface area (Å²) in [7, 11) is 0. The van der Waals surface area contributed by atoms with Crippen molar-refractivity contribution in [3.8, 4) is 33.8 Å². The average molecular weight is 416 g/mol. The second-order valence-corrected chi connectivity index (χ2v) is 7.43. The van der Waals surface area contributed by atoms with Crippen LogP contribution in [0.15, 0.2) is 84.9 Å². The minimum Gasteiger partial charge on any atom is -0.454 e. The molecule has 0 bridgehead atoms. The Bertz CT molecular complexity index is 1090. The van der Waals surface area contributed by atoms with Crippen molar-refractivity contribution >= 4 is 0 Å². The lowest BCUT2D eigenvalue weighted by molar-refractivity contribution is 0.111. The number of benzene rings is 4. The Morgan fingerprint density at radius 1 is 0.516 bits per heavy atom. The van der Waals surface area contributed by atoms with E-state index in [1.54, 1.807) is 24.3 Å². The Morgan fingerprint density at radius 3 is 1.23 bits per heavy atom. The predicted octanol–water partition coefficient (Wildman–Crippen LogP) is 7.33. The quantitative estimate of drug-likeness (QED) is 0.306. The summed E-state index contributed by atoms with van der Waals surface area (Å²) in [4.78, 5) is 0. The van der Waals surface area contributed by atoms with E-state index in [1.807, 2.05) is 62.4 Å². The van der Waals surface area contributed by atoms with Crippen LogP contribution in [0, 0.1) is 25.5 Å². The van der Waals surface area contributed by atoms with Gasteiger partial charge in [-0.15, -0.1) is 0 Å². The van der Waals surface area contributed by atoms with Crippen molar-refractivity contribution in [3.05, 3.63) is 108 Å². The third-order valence-corrected chi connectivity index (χ3v) is 5.06. The maximum absolute atomic E-state index is 14.4. The molecule has 0 aliphatic rings. The molecule has 4 heteroatoms. The van der Waals surface area contributed by atoms with Crippen LogP contribution in [0.5, 0.6) is 11.5 Å². The number of rotatable bonds is 6. The van der Waals surface area contributed by atoms with Crippen molar-refractivity contribution in [2.45, 2.75) is 13.8 Å². The van der Waals surface area contributed by atoms with Crippen molar-refractivity contribution in [1.82, 2.24) is 0 Å². The van der Waals surface area contributed by atoms with E-state index in [1.165, 1.54) is 12.1 Å². The SMILES string of the molecule is Cc1ccc(-c2ccc(OCOc3ccc(-c4ccc(C)cc4)cc3F)c(F)c2)cc1. The van der Waals surface area contributed by atoms with Gasteiger partial charge in [-0.25, -0.2) is 8.78 Å². The second kappa shape index (κ2) is 9.00. The van der Waals surface area contributed by atoms with Crippen LogP contribution in [0.3, 0.4) is 0 Å². The summed E-state index contributed by atoms with van der Waals surface area (Å²) in [5.41, 5.74) is 5.62. The molecule has 0 unspecified atom stereocenters. The van der Waals surface area contributed by atoms with Gasteiger partial charge in [0.15, 0.2) is 23.1 Å². The first-order chi connectivity index (χ1) is 15.0. The highest BCUT2D eigenvalue weighted by Gasteiger charge is 2.09. The van der Waals surface area contributed by atoms with E-state index >= 15 is 0 Å². The topological polar surface area (TPSA) is 18.5 Å². The molecule has 0 heterocycles. The van der Waals surface area contributed by atoms with Gasteiger partial charge in [-0.3, -0.25) is 0 Å². The molecule has 0 aliphatic heterocycles. The van der Waals surface area contributed by atoms with Crippen LogP contribution in [-0.2, 0) is 0 Å². The van der Waals surface area contributed by atoms with E-state index < -0.39 is 11.6 Å². The van der Waals surface area contributed by atoms with Crippen LogP contribution in [0.4, 0.5) is 8.78 Å². The summed E-state index contributed by atoms with van der Waals surface area (Å²) in [6.45, 7) is 3.70. The third-order valence-electron chi connectivity index (χ3n) is 5.06.